The van der Waals surface area contributed by atoms with Gasteiger partial charge in [-0.2, -0.15) is 0 Å². The lowest BCUT2D eigenvalue weighted by Crippen LogP contribution is -1.91. The van der Waals surface area contributed by atoms with Crippen molar-refractivity contribution in [3.63, 3.8) is 0 Å². The van der Waals surface area contributed by atoms with Crippen molar-refractivity contribution in [2.24, 2.45) is 0 Å². The molecule has 0 aliphatic heterocycles. The lowest BCUT2D eigenvalue weighted by molar-refractivity contribution is 1.23. The van der Waals surface area contributed by atoms with Gasteiger partial charge in [0, 0.05) is 22.2 Å². The summed E-state index contributed by atoms with van der Waals surface area (Å²) in [6, 6.07) is 12.3. The highest BCUT2D eigenvalue weighted by atomic mass is 14.7. The van der Waals surface area contributed by atoms with Crippen molar-refractivity contribution in [3.8, 4) is 0 Å². The number of nitrogens with zero attached hydrogens (tertiary/aromatic N) is 2. The summed E-state index contributed by atoms with van der Waals surface area (Å²) in [5, 5.41) is 2.27. The predicted octanol–water partition coefficient (Wildman–Crippen LogP) is 3.40. The van der Waals surface area contributed by atoms with Crippen molar-refractivity contribution in [3.05, 3.63) is 47.8 Å². The number of aromatic nitrogens is 2. The van der Waals surface area contributed by atoms with Crippen molar-refractivity contribution < 1.29 is 0 Å². The number of rotatable bonds is 0. The van der Waals surface area contributed by atoms with Crippen LogP contribution in [0.5, 0.6) is 0 Å². The SMILES string of the molecule is Cc1ccc2c(C)nc3ccccc3c2n1. The Morgan fingerprint density at radius 1 is 0.812 bits per heavy atom. The predicted molar refractivity (Wildman–Crippen MR) is 66.5 cm³/mol. The van der Waals surface area contributed by atoms with Crippen LogP contribution in [0.2, 0.25) is 0 Å². The topological polar surface area (TPSA) is 25.8 Å². The quantitative estimate of drug-likeness (QED) is 0.529. The van der Waals surface area contributed by atoms with Crippen LogP contribution in [0, 0.1) is 13.8 Å². The molecule has 3 aromatic rings. The fraction of sp³-hybridized carbons (Fsp3) is 0.143. The molecule has 1 aromatic carbocycles. The summed E-state index contributed by atoms with van der Waals surface area (Å²) >= 11 is 0. The molecule has 2 heteroatoms. The van der Waals surface area contributed by atoms with Gasteiger partial charge < -0.3 is 0 Å². The number of pyridine rings is 2. The van der Waals surface area contributed by atoms with Crippen LogP contribution < -0.4 is 0 Å². The van der Waals surface area contributed by atoms with Crippen LogP contribution >= 0.6 is 0 Å². The van der Waals surface area contributed by atoms with Crippen molar-refractivity contribution in [2.75, 3.05) is 0 Å². The summed E-state index contributed by atoms with van der Waals surface area (Å²) in [6.07, 6.45) is 0. The van der Waals surface area contributed by atoms with E-state index in [-0.39, 0.29) is 0 Å². The van der Waals surface area contributed by atoms with Crippen molar-refractivity contribution in [2.45, 2.75) is 13.8 Å². The smallest absolute Gasteiger partial charge is 0.0817 e. The van der Waals surface area contributed by atoms with Crippen molar-refractivity contribution >= 4 is 21.8 Å². The lowest BCUT2D eigenvalue weighted by atomic mass is 10.1. The molecule has 2 nitrogen and oxygen atoms in total. The molecule has 0 saturated heterocycles. The van der Waals surface area contributed by atoms with Crippen LogP contribution in [-0.2, 0) is 0 Å². The van der Waals surface area contributed by atoms with Crippen LogP contribution in [0.25, 0.3) is 21.8 Å². The largest absolute Gasteiger partial charge is 0.252 e. The first-order valence-electron chi connectivity index (χ1n) is 5.38. The number of hydrogen-bond donors (Lipinski definition) is 0. The van der Waals surface area contributed by atoms with Gasteiger partial charge in [-0.3, -0.25) is 9.97 Å². The molecule has 0 radical (unpaired) electrons. The molecule has 0 saturated carbocycles. The van der Waals surface area contributed by atoms with Gasteiger partial charge in [-0.1, -0.05) is 18.2 Å². The molecular formula is C14H12N2. The van der Waals surface area contributed by atoms with Crippen molar-refractivity contribution in [1.29, 1.82) is 0 Å². The highest BCUT2D eigenvalue weighted by molar-refractivity contribution is 6.04. The maximum atomic E-state index is 4.62. The summed E-state index contributed by atoms with van der Waals surface area (Å²) in [5.74, 6) is 0. The minimum absolute atomic E-state index is 1.02. The third-order valence-electron chi connectivity index (χ3n) is 2.87. The molecule has 0 spiro atoms. The first-order valence-corrected chi connectivity index (χ1v) is 5.38. The number of fused-ring (bicyclic) bond motifs is 3. The summed E-state index contributed by atoms with van der Waals surface area (Å²) in [6.45, 7) is 4.05. The average Bonchev–Trinajstić information content (AvgIpc) is 2.29. The highest BCUT2D eigenvalue weighted by Gasteiger charge is 2.05. The zero-order valence-electron chi connectivity index (χ0n) is 9.36. The molecule has 0 atom stereocenters. The molecule has 78 valence electrons. The van der Waals surface area contributed by atoms with E-state index in [1.54, 1.807) is 0 Å². The van der Waals surface area contributed by atoms with E-state index in [1.807, 2.05) is 38.1 Å². The Morgan fingerprint density at radius 3 is 2.50 bits per heavy atom. The van der Waals surface area contributed by atoms with Gasteiger partial charge in [0.25, 0.3) is 0 Å². The van der Waals surface area contributed by atoms with E-state index in [1.165, 1.54) is 0 Å². The summed E-state index contributed by atoms with van der Waals surface area (Å²) in [5.41, 5.74) is 4.16. The molecular weight excluding hydrogens is 196 g/mol. The van der Waals surface area contributed by atoms with Gasteiger partial charge in [0.2, 0.25) is 0 Å². The van der Waals surface area contributed by atoms with Crippen LogP contribution in [0.1, 0.15) is 11.4 Å². The Labute approximate surface area is 94.0 Å². The Hall–Kier alpha value is -1.96. The zero-order valence-corrected chi connectivity index (χ0v) is 9.36. The molecule has 0 bridgehead atoms. The Morgan fingerprint density at radius 2 is 1.62 bits per heavy atom. The van der Waals surface area contributed by atoms with E-state index in [4.69, 9.17) is 0 Å². The second-order valence-electron chi connectivity index (χ2n) is 4.06. The molecule has 16 heavy (non-hydrogen) atoms. The van der Waals surface area contributed by atoms with Gasteiger partial charge in [-0.25, -0.2) is 0 Å². The summed E-state index contributed by atoms with van der Waals surface area (Å²) < 4.78 is 0. The van der Waals surface area contributed by atoms with E-state index in [0.717, 1.165) is 33.2 Å². The first-order chi connectivity index (χ1) is 7.75. The van der Waals surface area contributed by atoms with Gasteiger partial charge in [0.05, 0.1) is 11.0 Å². The Bertz CT molecular complexity index is 687. The summed E-state index contributed by atoms with van der Waals surface area (Å²) in [4.78, 5) is 9.22. The zero-order chi connectivity index (χ0) is 11.1. The van der Waals surface area contributed by atoms with Crippen LogP contribution in [0.15, 0.2) is 36.4 Å². The second-order valence-corrected chi connectivity index (χ2v) is 4.06. The van der Waals surface area contributed by atoms with Crippen molar-refractivity contribution in [1.82, 2.24) is 9.97 Å². The molecule has 2 aromatic heterocycles. The van der Waals surface area contributed by atoms with E-state index >= 15 is 0 Å². The average molecular weight is 208 g/mol. The van der Waals surface area contributed by atoms with Crippen LogP contribution in [-0.4, -0.2) is 9.97 Å². The molecule has 0 unspecified atom stereocenters. The summed E-state index contributed by atoms with van der Waals surface area (Å²) in [7, 11) is 0. The van der Waals surface area contributed by atoms with Gasteiger partial charge in [0.15, 0.2) is 0 Å². The van der Waals surface area contributed by atoms with E-state index < -0.39 is 0 Å². The number of aryl methyl sites for hydroxylation is 2. The van der Waals surface area contributed by atoms with Gasteiger partial charge in [-0.15, -0.1) is 0 Å². The molecule has 2 heterocycles. The fourth-order valence-corrected chi connectivity index (χ4v) is 2.07. The van der Waals surface area contributed by atoms with E-state index in [2.05, 4.69) is 22.1 Å². The molecule has 0 fully saturated rings. The molecule has 3 rings (SSSR count). The monoisotopic (exact) mass is 208 g/mol. The van der Waals surface area contributed by atoms with E-state index in [9.17, 15) is 0 Å². The molecule has 0 aliphatic rings. The van der Waals surface area contributed by atoms with Gasteiger partial charge in [0.1, 0.15) is 0 Å². The molecule has 0 aliphatic carbocycles. The highest BCUT2D eigenvalue weighted by Crippen LogP contribution is 2.24. The lowest BCUT2D eigenvalue weighted by Gasteiger charge is -2.06. The first kappa shape index (κ1) is 9.28. The fourth-order valence-electron chi connectivity index (χ4n) is 2.07. The molecule has 0 N–H and O–H groups in total. The minimum atomic E-state index is 1.02. The Balaban J connectivity index is 2.61. The standard InChI is InChI=1S/C14H12N2/c1-9-7-8-11-10(2)16-13-6-4-3-5-12(13)14(11)15-9/h3-8H,1-2H3. The van der Waals surface area contributed by atoms with Crippen LogP contribution in [0.3, 0.4) is 0 Å². The maximum absolute atomic E-state index is 4.62. The van der Waals surface area contributed by atoms with Gasteiger partial charge in [-0.05, 0) is 32.0 Å². The Kier molecular flexibility index (Phi) is 1.90. The normalized spacial score (nSPS) is 11.1. The second kappa shape index (κ2) is 3.27. The number of hydrogen-bond acceptors (Lipinski definition) is 2. The number of para-hydroxylation sites is 1. The molecule has 0 amide bonds. The third kappa shape index (κ3) is 1.27. The maximum Gasteiger partial charge on any atom is 0.0817 e. The third-order valence-corrected chi connectivity index (χ3v) is 2.87. The number of benzene rings is 1. The van der Waals surface area contributed by atoms with E-state index in [0.29, 0.717) is 0 Å². The van der Waals surface area contributed by atoms with Crippen LogP contribution in [0.4, 0.5) is 0 Å². The van der Waals surface area contributed by atoms with Gasteiger partial charge >= 0.3 is 0 Å². The minimum Gasteiger partial charge on any atom is -0.252 e.